The van der Waals surface area contributed by atoms with Crippen LogP contribution in [0.15, 0.2) is 68.7 Å². The fourth-order valence-corrected chi connectivity index (χ4v) is 2.83. The van der Waals surface area contributed by atoms with E-state index in [1.807, 2.05) is 0 Å². The number of anilines is 1. The van der Waals surface area contributed by atoms with Crippen LogP contribution in [0.2, 0.25) is 0 Å². The summed E-state index contributed by atoms with van der Waals surface area (Å²) in [5, 5.41) is 3.39. The molecule has 3 rings (SSSR count). The number of amides is 1. The molecule has 5 nitrogen and oxygen atoms in total. The van der Waals surface area contributed by atoms with E-state index in [1.54, 1.807) is 37.3 Å². The normalized spacial score (nSPS) is 12.1. The van der Waals surface area contributed by atoms with Gasteiger partial charge in [-0.3, -0.25) is 4.79 Å². The molecule has 1 N–H and O–H groups in total. The molecule has 1 atom stereocenters. The fraction of sp³-hybridized carbons (Fsp3) is 0.158. The summed E-state index contributed by atoms with van der Waals surface area (Å²) in [4.78, 5) is 24.0. The van der Waals surface area contributed by atoms with E-state index in [9.17, 15) is 18.4 Å². The molecule has 1 unspecified atom stereocenters. The van der Waals surface area contributed by atoms with Gasteiger partial charge in [-0.1, -0.05) is 11.8 Å². The van der Waals surface area contributed by atoms with Crippen LogP contribution in [0.5, 0.6) is 5.75 Å². The first-order valence-corrected chi connectivity index (χ1v) is 8.85. The van der Waals surface area contributed by atoms with Crippen LogP contribution in [0.1, 0.15) is 6.92 Å². The third-order valence-electron chi connectivity index (χ3n) is 3.62. The van der Waals surface area contributed by atoms with Crippen LogP contribution in [0.4, 0.5) is 14.5 Å². The van der Waals surface area contributed by atoms with Crippen molar-refractivity contribution in [3.05, 3.63) is 65.0 Å². The largest absolute Gasteiger partial charge is 0.481 e. The lowest BCUT2D eigenvalue weighted by atomic mass is 10.2. The second-order valence-electron chi connectivity index (χ2n) is 5.61. The Hall–Kier alpha value is -2.87. The number of thioether (sulfide) groups is 1. The smallest absolute Gasteiger partial charge is 0.336 e. The Kier molecular flexibility index (Phi) is 5.75. The van der Waals surface area contributed by atoms with E-state index in [0.717, 1.165) is 5.39 Å². The highest BCUT2D eigenvalue weighted by atomic mass is 32.2. The summed E-state index contributed by atoms with van der Waals surface area (Å²) in [6.45, 7) is 1.57. The third-order valence-corrected chi connectivity index (χ3v) is 4.35. The first kappa shape index (κ1) is 18.9. The number of benzene rings is 2. The van der Waals surface area contributed by atoms with Crippen molar-refractivity contribution in [2.24, 2.45) is 0 Å². The molecule has 27 heavy (non-hydrogen) atoms. The predicted molar refractivity (Wildman–Crippen MR) is 99.5 cm³/mol. The number of hydrogen-bond acceptors (Lipinski definition) is 5. The van der Waals surface area contributed by atoms with Gasteiger partial charge in [-0.25, -0.2) is 4.79 Å². The zero-order chi connectivity index (χ0) is 19.4. The molecule has 1 heterocycles. The first-order chi connectivity index (χ1) is 12.9. The van der Waals surface area contributed by atoms with Gasteiger partial charge in [0.25, 0.3) is 11.7 Å². The number of carbonyl (C=O) groups is 1. The number of halogens is 2. The molecule has 8 heteroatoms. The van der Waals surface area contributed by atoms with Crippen molar-refractivity contribution in [3.8, 4) is 5.75 Å². The Morgan fingerprint density at radius 2 is 1.81 bits per heavy atom. The number of rotatable bonds is 6. The maximum absolute atomic E-state index is 12.3. The van der Waals surface area contributed by atoms with Gasteiger partial charge in [0.2, 0.25) is 0 Å². The standard InChI is InChI=1S/C19H15F2NO4S/c1-11(18(24)22-13-4-7-15(8-5-13)27-19(20)21)25-14-6-2-12-3-9-17(23)26-16(12)10-14/h2-11,19H,1H3,(H,22,24). The minimum atomic E-state index is -2.50. The molecule has 3 aromatic rings. The number of carbonyl (C=O) groups excluding carboxylic acids is 1. The van der Waals surface area contributed by atoms with Crippen LogP contribution in [0.25, 0.3) is 11.0 Å². The van der Waals surface area contributed by atoms with Crippen LogP contribution < -0.4 is 15.7 Å². The van der Waals surface area contributed by atoms with Gasteiger partial charge in [0.15, 0.2) is 6.10 Å². The van der Waals surface area contributed by atoms with Gasteiger partial charge in [-0.05, 0) is 49.4 Å². The maximum atomic E-state index is 12.3. The van der Waals surface area contributed by atoms with Gasteiger partial charge in [0.1, 0.15) is 11.3 Å². The minimum Gasteiger partial charge on any atom is -0.481 e. The van der Waals surface area contributed by atoms with E-state index in [0.29, 0.717) is 33.7 Å². The number of nitrogens with one attached hydrogen (secondary N) is 1. The zero-order valence-corrected chi connectivity index (χ0v) is 15.0. The van der Waals surface area contributed by atoms with Gasteiger partial charge >= 0.3 is 5.63 Å². The van der Waals surface area contributed by atoms with Crippen LogP contribution in [0, 0.1) is 0 Å². The Balaban J connectivity index is 1.64. The van der Waals surface area contributed by atoms with Crippen LogP contribution in [0.3, 0.4) is 0 Å². The summed E-state index contributed by atoms with van der Waals surface area (Å²) in [7, 11) is 0. The molecule has 2 aromatic carbocycles. The second-order valence-corrected chi connectivity index (χ2v) is 6.67. The fourth-order valence-electron chi connectivity index (χ4n) is 2.34. The molecular formula is C19H15F2NO4S. The number of fused-ring (bicyclic) bond motifs is 1. The van der Waals surface area contributed by atoms with Gasteiger partial charge in [-0.15, -0.1) is 0 Å². The Morgan fingerprint density at radius 1 is 1.11 bits per heavy atom. The molecular weight excluding hydrogens is 376 g/mol. The Labute approximate surface area is 157 Å². The summed E-state index contributed by atoms with van der Waals surface area (Å²) in [6.07, 6.45) is -0.826. The molecule has 0 bridgehead atoms. The molecule has 1 amide bonds. The molecule has 140 valence electrons. The average Bonchev–Trinajstić information content (AvgIpc) is 2.62. The summed E-state index contributed by atoms with van der Waals surface area (Å²) in [6, 6.07) is 14.0. The Morgan fingerprint density at radius 3 is 2.52 bits per heavy atom. The molecule has 1 aromatic heterocycles. The molecule has 0 spiro atoms. The van der Waals surface area contributed by atoms with Crippen molar-refractivity contribution < 1.29 is 22.7 Å². The van der Waals surface area contributed by atoms with Crippen molar-refractivity contribution in [2.45, 2.75) is 23.7 Å². The van der Waals surface area contributed by atoms with E-state index in [-0.39, 0.29) is 0 Å². The summed E-state index contributed by atoms with van der Waals surface area (Å²) >= 11 is 0.434. The van der Waals surface area contributed by atoms with E-state index in [1.165, 1.54) is 24.3 Å². The molecule has 0 fully saturated rings. The topological polar surface area (TPSA) is 68.5 Å². The van der Waals surface area contributed by atoms with Crippen LogP contribution in [-0.2, 0) is 4.79 Å². The first-order valence-electron chi connectivity index (χ1n) is 7.97. The lowest BCUT2D eigenvalue weighted by Crippen LogP contribution is -2.30. The summed E-state index contributed by atoms with van der Waals surface area (Å²) in [5.74, 6) is -2.52. The summed E-state index contributed by atoms with van der Waals surface area (Å²) < 4.78 is 35.3. The summed E-state index contributed by atoms with van der Waals surface area (Å²) in [5.41, 5.74) is 0.359. The van der Waals surface area contributed by atoms with E-state index in [4.69, 9.17) is 9.15 Å². The minimum absolute atomic E-state index is 0.361. The predicted octanol–water partition coefficient (Wildman–Crippen LogP) is 4.51. The second kappa shape index (κ2) is 8.22. The number of ether oxygens (including phenoxy) is 1. The number of alkyl halides is 2. The highest BCUT2D eigenvalue weighted by Crippen LogP contribution is 2.26. The highest BCUT2D eigenvalue weighted by Gasteiger charge is 2.15. The molecule has 0 saturated carbocycles. The quantitative estimate of drug-likeness (QED) is 0.494. The van der Waals surface area contributed by atoms with Crippen molar-refractivity contribution in [2.75, 3.05) is 5.32 Å². The third kappa shape index (κ3) is 5.07. The van der Waals surface area contributed by atoms with E-state index >= 15 is 0 Å². The van der Waals surface area contributed by atoms with Crippen molar-refractivity contribution in [3.63, 3.8) is 0 Å². The van der Waals surface area contributed by atoms with Crippen molar-refractivity contribution in [1.29, 1.82) is 0 Å². The molecule has 0 aliphatic heterocycles. The van der Waals surface area contributed by atoms with Crippen molar-refractivity contribution >= 4 is 34.3 Å². The van der Waals surface area contributed by atoms with Gasteiger partial charge < -0.3 is 14.5 Å². The zero-order valence-electron chi connectivity index (χ0n) is 14.1. The molecule has 0 aliphatic rings. The maximum Gasteiger partial charge on any atom is 0.336 e. The number of hydrogen-bond donors (Lipinski definition) is 1. The van der Waals surface area contributed by atoms with E-state index < -0.39 is 23.4 Å². The lowest BCUT2D eigenvalue weighted by Gasteiger charge is -2.15. The lowest BCUT2D eigenvalue weighted by molar-refractivity contribution is -0.122. The van der Waals surface area contributed by atoms with Gasteiger partial charge in [0, 0.05) is 28.1 Å². The molecule has 0 radical (unpaired) electrons. The van der Waals surface area contributed by atoms with Gasteiger partial charge in [-0.2, -0.15) is 8.78 Å². The van der Waals surface area contributed by atoms with Crippen LogP contribution in [-0.4, -0.2) is 17.8 Å². The van der Waals surface area contributed by atoms with E-state index in [2.05, 4.69) is 5.32 Å². The monoisotopic (exact) mass is 391 g/mol. The molecule has 0 saturated heterocycles. The average molecular weight is 391 g/mol. The Bertz CT molecular complexity index is 1000. The SMILES string of the molecule is CC(Oc1ccc2ccc(=O)oc2c1)C(=O)Nc1ccc(SC(F)F)cc1. The molecule has 0 aliphatic carbocycles. The van der Waals surface area contributed by atoms with Crippen LogP contribution >= 0.6 is 11.8 Å². The van der Waals surface area contributed by atoms with Crippen molar-refractivity contribution in [1.82, 2.24) is 0 Å². The highest BCUT2D eigenvalue weighted by molar-refractivity contribution is 7.99. The van der Waals surface area contributed by atoms with Gasteiger partial charge in [0.05, 0.1) is 0 Å².